The summed E-state index contributed by atoms with van der Waals surface area (Å²) in [6.45, 7) is 4.57. The fourth-order valence-corrected chi connectivity index (χ4v) is 2.50. The molecule has 0 unspecified atom stereocenters. The van der Waals surface area contributed by atoms with Gasteiger partial charge in [0, 0.05) is 19.2 Å². The molecule has 1 saturated carbocycles. The minimum atomic E-state index is 0.0398. The Balaban J connectivity index is 2.23. The maximum atomic E-state index is 12.8. The molecule has 20 heavy (non-hydrogen) atoms. The number of aromatic nitrogens is 2. The minimum Gasteiger partial charge on any atom is -0.396 e. The topological polar surface area (TPSA) is 66.3 Å². The van der Waals surface area contributed by atoms with Crippen LogP contribution in [0.15, 0.2) is 6.07 Å². The molecule has 0 aliphatic heterocycles. The summed E-state index contributed by atoms with van der Waals surface area (Å²) in [6, 6.07) is 2.16. The van der Waals surface area contributed by atoms with Gasteiger partial charge in [-0.3, -0.25) is 4.79 Å². The highest BCUT2D eigenvalue weighted by molar-refractivity contribution is 5.95. The highest BCUT2D eigenvalue weighted by Crippen LogP contribution is 2.27. The SMILES string of the molecule is CCc1nnc(C)cc1C(=O)N(CCCO)C1CCC1. The summed E-state index contributed by atoms with van der Waals surface area (Å²) in [5, 5.41) is 17.2. The lowest BCUT2D eigenvalue weighted by molar-refractivity contribution is 0.0560. The van der Waals surface area contributed by atoms with E-state index in [1.165, 1.54) is 6.42 Å². The standard InChI is InChI=1S/C15H23N3O2/c1-3-14-13(10-11(2)16-17-14)15(20)18(8-5-9-19)12-6-4-7-12/h10,12,19H,3-9H2,1-2H3. The first kappa shape index (κ1) is 14.9. The van der Waals surface area contributed by atoms with Crippen LogP contribution in [0.4, 0.5) is 0 Å². The van der Waals surface area contributed by atoms with Gasteiger partial charge in [0.2, 0.25) is 0 Å². The van der Waals surface area contributed by atoms with Crippen LogP contribution in [-0.2, 0) is 6.42 Å². The third kappa shape index (κ3) is 3.15. The lowest BCUT2D eigenvalue weighted by Crippen LogP contribution is -2.45. The molecule has 1 amide bonds. The third-order valence-electron chi connectivity index (χ3n) is 3.89. The molecule has 1 fully saturated rings. The molecule has 2 rings (SSSR count). The Hall–Kier alpha value is -1.49. The van der Waals surface area contributed by atoms with Crippen molar-refractivity contribution in [3.63, 3.8) is 0 Å². The number of aliphatic hydroxyl groups excluding tert-OH is 1. The zero-order valence-corrected chi connectivity index (χ0v) is 12.3. The molecule has 0 saturated heterocycles. The van der Waals surface area contributed by atoms with Gasteiger partial charge in [-0.1, -0.05) is 6.92 Å². The van der Waals surface area contributed by atoms with E-state index in [-0.39, 0.29) is 12.5 Å². The van der Waals surface area contributed by atoms with Crippen molar-refractivity contribution in [1.82, 2.24) is 15.1 Å². The maximum absolute atomic E-state index is 12.8. The summed E-state index contributed by atoms with van der Waals surface area (Å²) in [7, 11) is 0. The van der Waals surface area contributed by atoms with Gasteiger partial charge in [-0.2, -0.15) is 10.2 Å². The molecule has 5 nitrogen and oxygen atoms in total. The summed E-state index contributed by atoms with van der Waals surface area (Å²) in [4.78, 5) is 14.7. The predicted molar refractivity (Wildman–Crippen MR) is 76.5 cm³/mol. The molecular weight excluding hydrogens is 254 g/mol. The van der Waals surface area contributed by atoms with E-state index in [4.69, 9.17) is 5.11 Å². The third-order valence-corrected chi connectivity index (χ3v) is 3.89. The van der Waals surface area contributed by atoms with Crippen molar-refractivity contribution in [3.8, 4) is 0 Å². The van der Waals surface area contributed by atoms with E-state index in [1.54, 1.807) is 0 Å². The van der Waals surface area contributed by atoms with Crippen molar-refractivity contribution in [2.24, 2.45) is 0 Å². The Kier molecular flexibility index (Phi) is 5.06. The number of hydrogen-bond acceptors (Lipinski definition) is 4. The molecule has 1 aromatic rings. The number of aliphatic hydroxyl groups is 1. The molecule has 0 bridgehead atoms. The van der Waals surface area contributed by atoms with E-state index in [2.05, 4.69) is 10.2 Å². The van der Waals surface area contributed by atoms with Gasteiger partial charge in [0.25, 0.3) is 5.91 Å². The van der Waals surface area contributed by atoms with Gasteiger partial charge in [0.05, 0.1) is 17.0 Å². The molecule has 1 N–H and O–H groups in total. The smallest absolute Gasteiger partial charge is 0.256 e. The first-order valence-electron chi connectivity index (χ1n) is 7.42. The van der Waals surface area contributed by atoms with Gasteiger partial charge in [-0.05, 0) is 45.1 Å². The summed E-state index contributed by atoms with van der Waals surface area (Å²) in [5.41, 5.74) is 2.19. The number of carbonyl (C=O) groups excluding carboxylic acids is 1. The van der Waals surface area contributed by atoms with Gasteiger partial charge in [0.15, 0.2) is 0 Å². The Morgan fingerprint density at radius 3 is 2.75 bits per heavy atom. The summed E-state index contributed by atoms with van der Waals surface area (Å²) in [6.07, 6.45) is 4.64. The molecule has 0 radical (unpaired) electrons. The Labute approximate surface area is 120 Å². The van der Waals surface area contributed by atoms with Crippen molar-refractivity contribution in [2.45, 2.75) is 52.0 Å². The first-order chi connectivity index (χ1) is 9.67. The second-order valence-corrected chi connectivity index (χ2v) is 5.36. The van der Waals surface area contributed by atoms with Gasteiger partial charge < -0.3 is 10.0 Å². The molecule has 1 aliphatic rings. The summed E-state index contributed by atoms with van der Waals surface area (Å²) >= 11 is 0. The molecule has 0 atom stereocenters. The zero-order valence-electron chi connectivity index (χ0n) is 12.3. The van der Waals surface area contributed by atoms with Crippen LogP contribution >= 0.6 is 0 Å². The highest BCUT2D eigenvalue weighted by Gasteiger charge is 2.30. The minimum absolute atomic E-state index is 0.0398. The number of rotatable bonds is 6. The van der Waals surface area contributed by atoms with Crippen molar-refractivity contribution in [3.05, 3.63) is 23.0 Å². The van der Waals surface area contributed by atoms with Crippen LogP contribution in [0.1, 0.15) is 54.4 Å². The van der Waals surface area contributed by atoms with E-state index < -0.39 is 0 Å². The number of amides is 1. The fourth-order valence-electron chi connectivity index (χ4n) is 2.50. The molecule has 0 spiro atoms. The highest BCUT2D eigenvalue weighted by atomic mass is 16.3. The molecule has 5 heteroatoms. The maximum Gasteiger partial charge on any atom is 0.256 e. The monoisotopic (exact) mass is 277 g/mol. The van der Waals surface area contributed by atoms with Crippen LogP contribution < -0.4 is 0 Å². The van der Waals surface area contributed by atoms with Gasteiger partial charge in [-0.25, -0.2) is 0 Å². The van der Waals surface area contributed by atoms with E-state index in [9.17, 15) is 4.79 Å². The Morgan fingerprint density at radius 1 is 1.45 bits per heavy atom. The number of carbonyl (C=O) groups is 1. The Morgan fingerprint density at radius 2 is 2.20 bits per heavy atom. The molecule has 0 aromatic carbocycles. The molecular formula is C15H23N3O2. The molecule has 1 aromatic heterocycles. The lowest BCUT2D eigenvalue weighted by atomic mass is 9.90. The van der Waals surface area contributed by atoms with E-state index in [1.807, 2.05) is 24.8 Å². The van der Waals surface area contributed by atoms with Crippen LogP contribution in [0.5, 0.6) is 0 Å². The van der Waals surface area contributed by atoms with Gasteiger partial charge in [0.1, 0.15) is 0 Å². The summed E-state index contributed by atoms with van der Waals surface area (Å²) < 4.78 is 0. The van der Waals surface area contributed by atoms with Crippen molar-refractivity contribution in [1.29, 1.82) is 0 Å². The van der Waals surface area contributed by atoms with Crippen LogP contribution in [0.2, 0.25) is 0 Å². The number of nitrogens with zero attached hydrogens (tertiary/aromatic N) is 3. The van der Waals surface area contributed by atoms with E-state index >= 15 is 0 Å². The zero-order chi connectivity index (χ0) is 14.5. The van der Waals surface area contributed by atoms with Gasteiger partial charge >= 0.3 is 0 Å². The van der Waals surface area contributed by atoms with Gasteiger partial charge in [-0.15, -0.1) is 0 Å². The average Bonchev–Trinajstić information content (AvgIpc) is 2.40. The number of aryl methyl sites for hydroxylation is 2. The average molecular weight is 277 g/mol. The normalized spacial score (nSPS) is 14.9. The van der Waals surface area contributed by atoms with E-state index in [0.29, 0.717) is 31.0 Å². The van der Waals surface area contributed by atoms with E-state index in [0.717, 1.165) is 24.2 Å². The lowest BCUT2D eigenvalue weighted by Gasteiger charge is -2.37. The molecule has 110 valence electrons. The van der Waals surface area contributed by atoms with Crippen molar-refractivity contribution >= 4 is 5.91 Å². The fraction of sp³-hybridized carbons (Fsp3) is 0.667. The molecule has 1 heterocycles. The predicted octanol–water partition coefficient (Wildman–Crippen LogP) is 1.72. The Bertz CT molecular complexity index is 472. The molecule has 1 aliphatic carbocycles. The van der Waals surface area contributed by atoms with Crippen LogP contribution in [0.25, 0.3) is 0 Å². The second kappa shape index (κ2) is 6.79. The first-order valence-corrected chi connectivity index (χ1v) is 7.42. The quantitative estimate of drug-likeness (QED) is 0.860. The van der Waals surface area contributed by atoms with Crippen LogP contribution in [0.3, 0.4) is 0 Å². The van der Waals surface area contributed by atoms with Crippen LogP contribution in [0, 0.1) is 6.92 Å². The second-order valence-electron chi connectivity index (χ2n) is 5.36. The van der Waals surface area contributed by atoms with Crippen LogP contribution in [-0.4, -0.2) is 45.3 Å². The van der Waals surface area contributed by atoms with Crippen molar-refractivity contribution in [2.75, 3.05) is 13.2 Å². The summed E-state index contributed by atoms with van der Waals surface area (Å²) in [5.74, 6) is 0.0398. The number of hydrogen-bond donors (Lipinski definition) is 1. The van der Waals surface area contributed by atoms with Crippen molar-refractivity contribution < 1.29 is 9.90 Å². The largest absolute Gasteiger partial charge is 0.396 e.